The summed E-state index contributed by atoms with van der Waals surface area (Å²) in [5.41, 5.74) is 2.17. The summed E-state index contributed by atoms with van der Waals surface area (Å²) < 4.78 is 0.859. The van der Waals surface area contributed by atoms with E-state index in [4.69, 9.17) is 11.6 Å². The Morgan fingerprint density at radius 2 is 1.75 bits per heavy atom. The highest BCUT2D eigenvalue weighted by Crippen LogP contribution is 2.47. The van der Waals surface area contributed by atoms with Crippen molar-refractivity contribution in [1.29, 1.82) is 0 Å². The summed E-state index contributed by atoms with van der Waals surface area (Å²) in [5.74, 6) is -2.23. The number of halogens is 2. The van der Waals surface area contributed by atoms with Gasteiger partial charge in [-0.25, -0.2) is 0 Å². The molecule has 140 valence electrons. The number of nitrogens with one attached hydrogen (secondary N) is 1. The zero-order valence-electron chi connectivity index (χ0n) is 14.4. The van der Waals surface area contributed by atoms with Gasteiger partial charge in [0.15, 0.2) is 5.78 Å². The molecule has 2 fully saturated rings. The van der Waals surface area contributed by atoms with Crippen LogP contribution in [0.3, 0.4) is 0 Å². The lowest BCUT2D eigenvalue weighted by molar-refractivity contribution is -0.126. The van der Waals surface area contributed by atoms with E-state index in [0.717, 1.165) is 15.7 Å². The van der Waals surface area contributed by atoms with Crippen LogP contribution in [0.5, 0.6) is 0 Å². The van der Waals surface area contributed by atoms with Crippen LogP contribution in [0.2, 0.25) is 5.02 Å². The van der Waals surface area contributed by atoms with Crippen molar-refractivity contribution in [3.05, 3.63) is 69.2 Å². The van der Waals surface area contributed by atoms with Crippen molar-refractivity contribution in [1.82, 2.24) is 5.32 Å². The highest BCUT2D eigenvalue weighted by atomic mass is 79.9. The summed E-state index contributed by atoms with van der Waals surface area (Å²) in [6.45, 7) is 0. The van der Waals surface area contributed by atoms with E-state index in [1.807, 2.05) is 23.1 Å². The molecule has 0 aromatic heterocycles. The monoisotopic (exact) mass is 456 g/mol. The van der Waals surface area contributed by atoms with Crippen LogP contribution in [0.25, 0.3) is 6.08 Å². The van der Waals surface area contributed by atoms with Crippen LogP contribution in [0.15, 0.2) is 53.0 Å². The Hall–Kier alpha value is -2.44. The van der Waals surface area contributed by atoms with Crippen molar-refractivity contribution >= 4 is 56.9 Å². The summed E-state index contributed by atoms with van der Waals surface area (Å²) >= 11 is 9.59. The second-order valence-electron chi connectivity index (χ2n) is 7.18. The van der Waals surface area contributed by atoms with E-state index in [0.29, 0.717) is 10.6 Å². The molecular formula is C21H14BrClN2O3. The van der Waals surface area contributed by atoms with Crippen molar-refractivity contribution in [2.75, 3.05) is 4.90 Å². The van der Waals surface area contributed by atoms with Crippen LogP contribution >= 0.6 is 27.5 Å². The number of nitrogens with zero attached hydrogens (tertiary/aromatic N) is 1. The van der Waals surface area contributed by atoms with Crippen molar-refractivity contribution in [2.24, 2.45) is 11.8 Å². The molecule has 0 bridgehead atoms. The first kappa shape index (κ1) is 17.6. The molecule has 2 amide bonds. The molecule has 0 spiro atoms. The summed E-state index contributed by atoms with van der Waals surface area (Å²) in [4.78, 5) is 40.5. The molecule has 3 heterocycles. The van der Waals surface area contributed by atoms with Gasteiger partial charge in [-0.2, -0.15) is 0 Å². The smallest absolute Gasteiger partial charge is 0.233 e. The Bertz CT molecular complexity index is 1070. The molecule has 2 aromatic carbocycles. The zero-order valence-corrected chi connectivity index (χ0v) is 16.8. The molecule has 5 nitrogen and oxygen atoms in total. The Kier molecular flexibility index (Phi) is 3.96. The summed E-state index contributed by atoms with van der Waals surface area (Å²) in [6, 6.07) is 11.3. The first-order valence-corrected chi connectivity index (χ1v) is 10.0. The maximum atomic E-state index is 13.5. The van der Waals surface area contributed by atoms with Crippen molar-refractivity contribution in [3.63, 3.8) is 0 Å². The highest BCUT2D eigenvalue weighted by molar-refractivity contribution is 9.10. The SMILES string of the molecule is O=C1NC(=O)[C@H]2[C@@H]1[C@@H](C(=O)c1ccc(Br)cc1)N1c3cc(Cl)ccc3C=C[C@H]21. The molecule has 1 N–H and O–H groups in total. The van der Waals surface area contributed by atoms with E-state index in [-0.39, 0.29) is 17.7 Å². The van der Waals surface area contributed by atoms with Crippen LogP contribution in [0.1, 0.15) is 15.9 Å². The van der Waals surface area contributed by atoms with Gasteiger partial charge in [0.25, 0.3) is 0 Å². The van der Waals surface area contributed by atoms with E-state index >= 15 is 0 Å². The summed E-state index contributed by atoms with van der Waals surface area (Å²) in [6.07, 6.45) is 3.83. The van der Waals surface area contributed by atoms with Crippen LogP contribution in [0, 0.1) is 11.8 Å². The van der Waals surface area contributed by atoms with Gasteiger partial charge in [0.05, 0.1) is 17.9 Å². The number of hydrogen-bond acceptors (Lipinski definition) is 4. The topological polar surface area (TPSA) is 66.5 Å². The molecule has 3 aliphatic rings. The molecule has 4 atom stereocenters. The van der Waals surface area contributed by atoms with Gasteiger partial charge in [0.2, 0.25) is 11.8 Å². The van der Waals surface area contributed by atoms with Crippen LogP contribution < -0.4 is 10.2 Å². The number of rotatable bonds is 2. The highest BCUT2D eigenvalue weighted by Gasteiger charge is 2.61. The number of hydrogen-bond donors (Lipinski definition) is 1. The van der Waals surface area contributed by atoms with E-state index in [2.05, 4.69) is 21.2 Å². The normalized spacial score (nSPS) is 27.3. The fraction of sp³-hybridized carbons (Fsp3) is 0.190. The molecule has 0 unspecified atom stereocenters. The lowest BCUT2D eigenvalue weighted by Crippen LogP contribution is -2.47. The Balaban J connectivity index is 1.67. The van der Waals surface area contributed by atoms with Crippen LogP contribution in [0.4, 0.5) is 5.69 Å². The minimum absolute atomic E-state index is 0.184. The fourth-order valence-corrected chi connectivity index (χ4v) is 4.96. The molecule has 28 heavy (non-hydrogen) atoms. The number of benzene rings is 2. The molecular weight excluding hydrogens is 444 g/mol. The van der Waals surface area contributed by atoms with Crippen molar-refractivity contribution in [3.8, 4) is 0 Å². The number of carbonyl (C=O) groups excluding carboxylic acids is 3. The number of anilines is 1. The molecule has 2 aromatic rings. The maximum absolute atomic E-state index is 13.5. The van der Waals surface area contributed by atoms with Gasteiger partial charge in [-0.1, -0.05) is 57.9 Å². The predicted octanol–water partition coefficient (Wildman–Crippen LogP) is 3.46. The molecule has 7 heteroatoms. The second kappa shape index (κ2) is 6.29. The average Bonchev–Trinajstić information content (AvgIpc) is 3.17. The number of fused-ring (bicyclic) bond motifs is 5. The Morgan fingerprint density at radius 3 is 2.50 bits per heavy atom. The quantitative estimate of drug-likeness (QED) is 0.554. The van der Waals surface area contributed by atoms with Gasteiger partial charge in [0, 0.05) is 20.7 Å². The number of amides is 2. The van der Waals surface area contributed by atoms with E-state index in [1.165, 1.54) is 0 Å². The minimum Gasteiger partial charge on any atom is -0.352 e. The Morgan fingerprint density at radius 1 is 1.04 bits per heavy atom. The Labute approximate surface area is 174 Å². The lowest BCUT2D eigenvalue weighted by Gasteiger charge is -2.36. The first-order chi connectivity index (χ1) is 13.5. The molecule has 0 aliphatic carbocycles. The largest absolute Gasteiger partial charge is 0.352 e. The number of carbonyl (C=O) groups is 3. The first-order valence-electron chi connectivity index (χ1n) is 8.86. The molecule has 0 saturated carbocycles. The van der Waals surface area contributed by atoms with Gasteiger partial charge >= 0.3 is 0 Å². The second-order valence-corrected chi connectivity index (χ2v) is 8.53. The van der Waals surface area contributed by atoms with Crippen LogP contribution in [-0.2, 0) is 9.59 Å². The number of imide groups is 1. The summed E-state index contributed by atoms with van der Waals surface area (Å²) in [7, 11) is 0. The van der Waals surface area contributed by atoms with E-state index in [1.54, 1.807) is 36.4 Å². The standard InChI is InChI=1S/C21H14BrClN2O3/c22-12-5-1-11(2-6-12)19(26)18-17-16(20(27)24-21(17)28)14-8-4-10-3-7-13(23)9-15(10)25(14)18/h1-9,14,16-18H,(H,24,27,28)/t14-,16-,17-,18+/m1/s1. The van der Waals surface area contributed by atoms with Crippen molar-refractivity contribution < 1.29 is 14.4 Å². The molecule has 0 radical (unpaired) electrons. The van der Waals surface area contributed by atoms with Gasteiger partial charge in [-0.3, -0.25) is 19.7 Å². The summed E-state index contributed by atoms with van der Waals surface area (Å²) in [5, 5.41) is 2.95. The number of ketones is 1. The van der Waals surface area contributed by atoms with Crippen molar-refractivity contribution in [2.45, 2.75) is 12.1 Å². The molecule has 2 saturated heterocycles. The lowest BCUT2D eigenvalue weighted by atomic mass is 9.86. The fourth-order valence-electron chi connectivity index (χ4n) is 4.53. The van der Waals surface area contributed by atoms with E-state index in [9.17, 15) is 14.4 Å². The third kappa shape index (κ3) is 2.48. The maximum Gasteiger partial charge on any atom is 0.233 e. The van der Waals surface area contributed by atoms with Gasteiger partial charge in [-0.15, -0.1) is 0 Å². The van der Waals surface area contributed by atoms with E-state index < -0.39 is 23.8 Å². The zero-order chi connectivity index (χ0) is 19.6. The third-order valence-electron chi connectivity index (χ3n) is 5.71. The minimum atomic E-state index is -0.773. The number of Topliss-reactive ketones (excluding diaryl/α,β-unsaturated/α-hetero) is 1. The van der Waals surface area contributed by atoms with Crippen LogP contribution in [-0.4, -0.2) is 29.7 Å². The van der Waals surface area contributed by atoms with Gasteiger partial charge in [0.1, 0.15) is 6.04 Å². The molecule has 3 aliphatic heterocycles. The third-order valence-corrected chi connectivity index (χ3v) is 6.47. The predicted molar refractivity (Wildman–Crippen MR) is 109 cm³/mol. The molecule has 5 rings (SSSR count). The van der Waals surface area contributed by atoms with Gasteiger partial charge in [-0.05, 0) is 29.8 Å². The van der Waals surface area contributed by atoms with Gasteiger partial charge < -0.3 is 4.90 Å². The average molecular weight is 458 g/mol.